The number of fused-ring (bicyclic) bond motifs is 2. The third-order valence-electron chi connectivity index (χ3n) is 5.29. The maximum absolute atomic E-state index is 13.0. The highest BCUT2D eigenvalue weighted by molar-refractivity contribution is 5.74. The predicted octanol–water partition coefficient (Wildman–Crippen LogP) is 1.94. The highest BCUT2D eigenvalue weighted by atomic mass is 16.5. The zero-order chi connectivity index (χ0) is 18.3. The summed E-state index contributed by atoms with van der Waals surface area (Å²) in [6.07, 6.45) is 6.23. The van der Waals surface area contributed by atoms with Gasteiger partial charge in [0, 0.05) is 36.3 Å². The van der Waals surface area contributed by atoms with Gasteiger partial charge in [-0.15, -0.1) is 0 Å². The maximum atomic E-state index is 13.0. The smallest absolute Gasteiger partial charge is 0.280 e. The molecule has 0 atom stereocenters. The van der Waals surface area contributed by atoms with Crippen LogP contribution < -0.4 is 5.56 Å². The number of ether oxygens (including phenoxy) is 1. The molecule has 0 saturated carbocycles. The third-order valence-corrected chi connectivity index (χ3v) is 5.29. The van der Waals surface area contributed by atoms with Gasteiger partial charge in [0.05, 0.1) is 18.7 Å². The summed E-state index contributed by atoms with van der Waals surface area (Å²) in [5.74, 6) is 6.91. The summed E-state index contributed by atoms with van der Waals surface area (Å²) in [6.45, 7) is 2.13. The molecule has 134 valence electrons. The van der Waals surface area contributed by atoms with E-state index in [2.05, 4.69) is 21.8 Å². The zero-order valence-electron chi connectivity index (χ0n) is 14.8. The van der Waals surface area contributed by atoms with Gasteiger partial charge in [0.15, 0.2) is 5.52 Å². The second-order valence-corrected chi connectivity index (χ2v) is 7.32. The van der Waals surface area contributed by atoms with Crippen molar-refractivity contribution in [2.45, 2.75) is 25.8 Å². The first-order chi connectivity index (χ1) is 13.2. The molecule has 3 aromatic rings. The third kappa shape index (κ3) is 2.90. The van der Waals surface area contributed by atoms with Gasteiger partial charge in [-0.25, -0.2) is 15.0 Å². The lowest BCUT2D eigenvalue weighted by Crippen LogP contribution is -2.47. The van der Waals surface area contributed by atoms with Crippen LogP contribution in [0.2, 0.25) is 0 Å². The van der Waals surface area contributed by atoms with Crippen LogP contribution in [-0.2, 0) is 17.7 Å². The molecule has 2 aliphatic rings. The molecule has 0 radical (unpaired) electrons. The fraction of sp³-hybridized carbons (Fsp3) is 0.333. The van der Waals surface area contributed by atoms with Gasteiger partial charge in [-0.2, -0.15) is 0 Å². The van der Waals surface area contributed by atoms with Crippen LogP contribution in [0.1, 0.15) is 29.9 Å². The van der Waals surface area contributed by atoms with Crippen molar-refractivity contribution in [2.24, 2.45) is 5.41 Å². The van der Waals surface area contributed by atoms with Gasteiger partial charge in [-0.3, -0.25) is 9.36 Å². The van der Waals surface area contributed by atoms with Crippen LogP contribution in [0.5, 0.6) is 0 Å². The largest absolute Gasteiger partial charge is 0.380 e. The van der Waals surface area contributed by atoms with Crippen molar-refractivity contribution in [3.8, 4) is 11.8 Å². The van der Waals surface area contributed by atoms with E-state index in [1.165, 1.54) is 0 Å². The summed E-state index contributed by atoms with van der Waals surface area (Å²) in [7, 11) is 0. The summed E-state index contributed by atoms with van der Waals surface area (Å²) in [6, 6.07) is 7.44. The molecule has 0 N–H and O–H groups in total. The Morgan fingerprint density at radius 3 is 2.89 bits per heavy atom. The van der Waals surface area contributed by atoms with Crippen molar-refractivity contribution in [2.75, 3.05) is 13.2 Å². The minimum Gasteiger partial charge on any atom is -0.380 e. The lowest BCUT2D eigenvalue weighted by Gasteiger charge is -2.41. The molecule has 6 nitrogen and oxygen atoms in total. The molecule has 1 fully saturated rings. The Labute approximate surface area is 156 Å². The quantitative estimate of drug-likeness (QED) is 0.575. The van der Waals surface area contributed by atoms with Gasteiger partial charge in [-0.05, 0) is 37.0 Å². The molecule has 5 rings (SSSR count). The van der Waals surface area contributed by atoms with E-state index in [-0.39, 0.29) is 11.0 Å². The fourth-order valence-corrected chi connectivity index (χ4v) is 3.81. The lowest BCUT2D eigenvalue weighted by atomic mass is 9.81. The Bertz CT molecular complexity index is 1140. The topological polar surface area (TPSA) is 69.9 Å². The van der Waals surface area contributed by atoms with E-state index >= 15 is 0 Å². The van der Waals surface area contributed by atoms with Gasteiger partial charge in [-0.1, -0.05) is 12.0 Å². The van der Waals surface area contributed by atoms with Crippen molar-refractivity contribution in [3.05, 3.63) is 64.1 Å². The van der Waals surface area contributed by atoms with E-state index in [9.17, 15) is 4.79 Å². The summed E-state index contributed by atoms with van der Waals surface area (Å²) >= 11 is 0. The Morgan fingerprint density at radius 1 is 1.19 bits per heavy atom. The van der Waals surface area contributed by atoms with Crippen LogP contribution in [-0.4, -0.2) is 32.7 Å². The molecular formula is C21H18N4O2. The standard InChI is InChI=1S/C21H18N4O2/c26-20-19-17(10-15(11-23-19)6-7-16-4-1-2-9-22-16)24-18-5-3-8-21(12-25(18)20)13-27-14-21/h1-2,4,9-11H,3,5,8,12-14H2. The second-order valence-electron chi connectivity index (χ2n) is 7.32. The minimum atomic E-state index is -0.0626. The van der Waals surface area contributed by atoms with Crippen LogP contribution in [0.25, 0.3) is 11.0 Å². The summed E-state index contributed by atoms with van der Waals surface area (Å²) in [5.41, 5.74) is 2.47. The second kappa shape index (κ2) is 6.29. The normalized spacial score (nSPS) is 17.5. The first kappa shape index (κ1) is 16.2. The first-order valence-electron chi connectivity index (χ1n) is 9.13. The highest BCUT2D eigenvalue weighted by Crippen LogP contribution is 2.37. The highest BCUT2D eigenvalue weighted by Gasteiger charge is 2.40. The summed E-state index contributed by atoms with van der Waals surface area (Å²) < 4.78 is 7.23. The minimum absolute atomic E-state index is 0.0626. The molecule has 6 heteroatoms. The maximum Gasteiger partial charge on any atom is 0.280 e. The van der Waals surface area contributed by atoms with Crippen molar-refractivity contribution >= 4 is 11.0 Å². The van der Waals surface area contributed by atoms with E-state index in [1.54, 1.807) is 12.4 Å². The monoisotopic (exact) mass is 358 g/mol. The Balaban J connectivity index is 1.56. The molecule has 0 unspecified atom stereocenters. The van der Waals surface area contributed by atoms with E-state index < -0.39 is 0 Å². The van der Waals surface area contributed by atoms with Crippen molar-refractivity contribution in [1.29, 1.82) is 0 Å². The molecule has 5 heterocycles. The number of aryl methyl sites for hydroxylation is 1. The number of hydrogen-bond acceptors (Lipinski definition) is 5. The van der Waals surface area contributed by atoms with Crippen molar-refractivity contribution in [1.82, 2.24) is 19.5 Å². The molecule has 1 saturated heterocycles. The molecule has 0 bridgehead atoms. The van der Waals surface area contributed by atoms with Gasteiger partial charge in [0.1, 0.15) is 11.5 Å². The van der Waals surface area contributed by atoms with Crippen LogP contribution in [0.4, 0.5) is 0 Å². The van der Waals surface area contributed by atoms with Crippen LogP contribution in [0.3, 0.4) is 0 Å². The van der Waals surface area contributed by atoms with E-state index in [0.717, 1.165) is 43.9 Å². The van der Waals surface area contributed by atoms with E-state index in [4.69, 9.17) is 9.72 Å². The zero-order valence-corrected chi connectivity index (χ0v) is 14.8. The SMILES string of the molecule is O=c1c2ncc(C#Cc3ccccn3)cc2nc2n1CC1(CCC2)COC1. The summed E-state index contributed by atoms with van der Waals surface area (Å²) in [5, 5.41) is 0. The average Bonchev–Trinajstić information content (AvgIpc) is 2.87. The molecule has 0 aliphatic carbocycles. The number of pyridine rings is 2. The average molecular weight is 358 g/mol. The van der Waals surface area contributed by atoms with Crippen LogP contribution in [0, 0.1) is 17.3 Å². The molecule has 2 aliphatic heterocycles. The molecular weight excluding hydrogens is 340 g/mol. The van der Waals surface area contributed by atoms with Crippen molar-refractivity contribution in [3.63, 3.8) is 0 Å². The Hall–Kier alpha value is -3.04. The van der Waals surface area contributed by atoms with Gasteiger partial charge in [0.25, 0.3) is 5.56 Å². The number of rotatable bonds is 0. The summed E-state index contributed by atoms with van der Waals surface area (Å²) in [4.78, 5) is 26.3. The van der Waals surface area contributed by atoms with E-state index in [1.807, 2.05) is 28.8 Å². The lowest BCUT2D eigenvalue weighted by molar-refractivity contribution is -0.125. The molecule has 0 amide bonds. The number of hydrogen-bond donors (Lipinski definition) is 0. The molecule has 3 aromatic heterocycles. The molecule has 0 aromatic carbocycles. The van der Waals surface area contributed by atoms with Gasteiger partial charge in [0.2, 0.25) is 0 Å². The van der Waals surface area contributed by atoms with Crippen molar-refractivity contribution < 1.29 is 4.74 Å². The fourth-order valence-electron chi connectivity index (χ4n) is 3.81. The van der Waals surface area contributed by atoms with Crippen LogP contribution >= 0.6 is 0 Å². The predicted molar refractivity (Wildman–Crippen MR) is 100 cm³/mol. The van der Waals surface area contributed by atoms with E-state index in [0.29, 0.717) is 23.3 Å². The first-order valence-corrected chi connectivity index (χ1v) is 9.13. The number of aromatic nitrogens is 4. The Morgan fingerprint density at radius 2 is 2.11 bits per heavy atom. The molecule has 1 spiro atoms. The van der Waals surface area contributed by atoms with Crippen LogP contribution in [0.15, 0.2) is 41.5 Å². The number of nitrogens with zero attached hydrogens (tertiary/aromatic N) is 4. The van der Waals surface area contributed by atoms with Gasteiger partial charge >= 0.3 is 0 Å². The van der Waals surface area contributed by atoms with Gasteiger partial charge < -0.3 is 4.74 Å². The molecule has 27 heavy (non-hydrogen) atoms. The Kier molecular flexibility index (Phi) is 3.76.